The average Bonchev–Trinajstić information content (AvgIpc) is 3.92. The molecule has 0 fully saturated rings. The molecule has 4 heterocycles. The molecule has 0 aliphatic heterocycles. The van der Waals surface area contributed by atoms with Crippen LogP contribution in [0.5, 0.6) is 0 Å². The standard InChI is InChI=1S/C46H27N5OS/c1-3-12-28(13-4-1)43-48-44(29-22-24-33-32-16-7-9-19-37(32)51(38(33)26-29)31-14-5-2-6-15-31)50-45(49-43)35-17-11-21-40-42(35)34-25-23-30(27-41(34)53-40)46-47-36-18-8-10-20-39(36)52-46/h1-27H. The normalized spacial score (nSPS) is 11.8. The van der Waals surface area contributed by atoms with Gasteiger partial charge in [-0.25, -0.2) is 19.9 Å². The van der Waals surface area contributed by atoms with E-state index < -0.39 is 0 Å². The van der Waals surface area contributed by atoms with Gasteiger partial charge in [-0.1, -0.05) is 109 Å². The van der Waals surface area contributed by atoms with E-state index in [-0.39, 0.29) is 0 Å². The fourth-order valence-corrected chi connectivity index (χ4v) is 8.62. The van der Waals surface area contributed by atoms with Gasteiger partial charge in [0, 0.05) is 58.9 Å². The van der Waals surface area contributed by atoms with Crippen molar-refractivity contribution >= 4 is 64.4 Å². The van der Waals surface area contributed by atoms with E-state index in [0.717, 1.165) is 70.2 Å². The smallest absolute Gasteiger partial charge is 0.227 e. The van der Waals surface area contributed by atoms with Crippen molar-refractivity contribution < 1.29 is 4.42 Å². The predicted molar refractivity (Wildman–Crippen MR) is 216 cm³/mol. The molecule has 0 amide bonds. The highest BCUT2D eigenvalue weighted by molar-refractivity contribution is 7.26. The van der Waals surface area contributed by atoms with Gasteiger partial charge in [-0.15, -0.1) is 11.3 Å². The van der Waals surface area contributed by atoms with Crippen LogP contribution in [0.25, 0.3) is 104 Å². The monoisotopic (exact) mass is 697 g/mol. The van der Waals surface area contributed by atoms with Crippen molar-refractivity contribution in [3.8, 4) is 51.3 Å². The van der Waals surface area contributed by atoms with E-state index in [1.165, 1.54) is 10.8 Å². The largest absolute Gasteiger partial charge is 0.436 e. The fraction of sp³-hybridized carbons (Fsp3) is 0. The molecule has 0 spiro atoms. The first-order chi connectivity index (χ1) is 26.2. The zero-order valence-electron chi connectivity index (χ0n) is 28.1. The molecule has 11 rings (SSSR count). The molecule has 4 aromatic heterocycles. The summed E-state index contributed by atoms with van der Waals surface area (Å²) in [6.07, 6.45) is 0. The van der Waals surface area contributed by atoms with Gasteiger partial charge in [0.15, 0.2) is 23.1 Å². The van der Waals surface area contributed by atoms with Crippen molar-refractivity contribution in [1.82, 2.24) is 24.5 Å². The van der Waals surface area contributed by atoms with Crippen LogP contribution in [-0.2, 0) is 0 Å². The lowest BCUT2D eigenvalue weighted by molar-refractivity contribution is 0.620. The van der Waals surface area contributed by atoms with Gasteiger partial charge in [0.05, 0.1) is 11.0 Å². The third-order valence-electron chi connectivity index (χ3n) is 9.89. The summed E-state index contributed by atoms with van der Waals surface area (Å²) in [5.41, 5.74) is 8.74. The SMILES string of the molecule is c1ccc(-c2nc(-c3ccc4c5ccccc5n(-c5ccccc5)c4c3)nc(-c3cccc4sc5cc(-c6nc7ccccc7o6)ccc5c34)n2)cc1. The van der Waals surface area contributed by atoms with Gasteiger partial charge in [-0.2, -0.15) is 0 Å². The Labute approximate surface area is 307 Å². The number of aromatic nitrogens is 5. The van der Waals surface area contributed by atoms with Crippen LogP contribution in [0.2, 0.25) is 0 Å². The zero-order chi connectivity index (χ0) is 34.9. The zero-order valence-corrected chi connectivity index (χ0v) is 29.0. The summed E-state index contributed by atoms with van der Waals surface area (Å²) in [5, 5.41) is 4.64. The van der Waals surface area contributed by atoms with Gasteiger partial charge in [-0.3, -0.25) is 0 Å². The van der Waals surface area contributed by atoms with E-state index in [1.807, 2.05) is 60.7 Å². The topological polar surface area (TPSA) is 69.6 Å². The van der Waals surface area contributed by atoms with Crippen molar-refractivity contribution in [2.75, 3.05) is 0 Å². The maximum atomic E-state index is 6.12. The van der Waals surface area contributed by atoms with E-state index in [2.05, 4.69) is 108 Å². The minimum absolute atomic E-state index is 0.615. The summed E-state index contributed by atoms with van der Waals surface area (Å²) in [4.78, 5) is 20.2. The van der Waals surface area contributed by atoms with Gasteiger partial charge >= 0.3 is 0 Å². The van der Waals surface area contributed by atoms with E-state index in [0.29, 0.717) is 23.4 Å². The second-order valence-electron chi connectivity index (χ2n) is 13.1. The summed E-state index contributed by atoms with van der Waals surface area (Å²) in [5.74, 6) is 2.49. The summed E-state index contributed by atoms with van der Waals surface area (Å²) in [6.45, 7) is 0. The lowest BCUT2D eigenvalue weighted by Gasteiger charge is -2.11. The highest BCUT2D eigenvalue weighted by Gasteiger charge is 2.19. The van der Waals surface area contributed by atoms with Crippen molar-refractivity contribution in [2.24, 2.45) is 0 Å². The van der Waals surface area contributed by atoms with E-state index in [1.54, 1.807) is 11.3 Å². The molecule has 248 valence electrons. The minimum Gasteiger partial charge on any atom is -0.436 e. The number of hydrogen-bond acceptors (Lipinski definition) is 6. The Bertz CT molecular complexity index is 3150. The van der Waals surface area contributed by atoms with Gasteiger partial charge in [0.1, 0.15) is 5.52 Å². The van der Waals surface area contributed by atoms with Crippen LogP contribution in [-0.4, -0.2) is 24.5 Å². The molecule has 0 atom stereocenters. The third kappa shape index (κ3) is 4.86. The molecule has 0 aliphatic carbocycles. The Morgan fingerprint density at radius 2 is 1.15 bits per heavy atom. The number of nitrogens with zero attached hydrogens (tertiary/aromatic N) is 5. The first kappa shape index (κ1) is 29.7. The second-order valence-corrected chi connectivity index (χ2v) is 14.2. The molecule has 7 heteroatoms. The fourth-order valence-electron chi connectivity index (χ4n) is 7.45. The minimum atomic E-state index is 0.615. The van der Waals surface area contributed by atoms with Crippen molar-refractivity contribution in [2.45, 2.75) is 0 Å². The molecule has 53 heavy (non-hydrogen) atoms. The van der Waals surface area contributed by atoms with Crippen LogP contribution in [0.15, 0.2) is 168 Å². The number of fused-ring (bicyclic) bond motifs is 7. The number of rotatable bonds is 5. The van der Waals surface area contributed by atoms with Crippen LogP contribution in [0, 0.1) is 0 Å². The molecule has 0 unspecified atom stereocenters. The number of para-hydroxylation sites is 4. The molecular formula is C46H27N5OS. The number of oxazole rings is 1. The molecular weight excluding hydrogens is 671 g/mol. The Balaban J connectivity index is 1.11. The van der Waals surface area contributed by atoms with E-state index in [4.69, 9.17) is 24.4 Å². The summed E-state index contributed by atoms with van der Waals surface area (Å²) in [6, 6.07) is 56.4. The highest BCUT2D eigenvalue weighted by Crippen LogP contribution is 2.42. The van der Waals surface area contributed by atoms with Crippen molar-refractivity contribution in [3.05, 3.63) is 164 Å². The highest BCUT2D eigenvalue weighted by atomic mass is 32.1. The summed E-state index contributed by atoms with van der Waals surface area (Å²) < 4.78 is 10.7. The molecule has 0 saturated heterocycles. The first-order valence-electron chi connectivity index (χ1n) is 17.5. The van der Waals surface area contributed by atoms with Gasteiger partial charge in [-0.05, 0) is 54.6 Å². The van der Waals surface area contributed by atoms with Crippen LogP contribution < -0.4 is 0 Å². The summed E-state index contributed by atoms with van der Waals surface area (Å²) in [7, 11) is 0. The van der Waals surface area contributed by atoms with Crippen LogP contribution in [0.3, 0.4) is 0 Å². The van der Waals surface area contributed by atoms with Crippen molar-refractivity contribution in [3.63, 3.8) is 0 Å². The molecule has 7 aromatic carbocycles. The molecule has 0 radical (unpaired) electrons. The van der Waals surface area contributed by atoms with Gasteiger partial charge < -0.3 is 8.98 Å². The summed E-state index contributed by atoms with van der Waals surface area (Å²) >= 11 is 1.75. The molecule has 0 saturated carbocycles. The average molecular weight is 698 g/mol. The molecule has 0 aliphatic rings. The Morgan fingerprint density at radius 1 is 0.453 bits per heavy atom. The quantitative estimate of drug-likeness (QED) is 0.179. The van der Waals surface area contributed by atoms with Gasteiger partial charge in [0.2, 0.25) is 5.89 Å². The maximum Gasteiger partial charge on any atom is 0.227 e. The van der Waals surface area contributed by atoms with Crippen molar-refractivity contribution in [1.29, 1.82) is 0 Å². The van der Waals surface area contributed by atoms with Gasteiger partial charge in [0.25, 0.3) is 0 Å². The molecule has 11 aromatic rings. The lowest BCUT2D eigenvalue weighted by atomic mass is 10.0. The molecule has 0 N–H and O–H groups in total. The second kappa shape index (κ2) is 11.8. The molecule has 6 nitrogen and oxygen atoms in total. The third-order valence-corrected chi connectivity index (χ3v) is 11.0. The van der Waals surface area contributed by atoms with Crippen LogP contribution in [0.1, 0.15) is 0 Å². The number of benzene rings is 7. The predicted octanol–water partition coefficient (Wildman–Crippen LogP) is 12.1. The Morgan fingerprint density at radius 3 is 2.02 bits per heavy atom. The Hall–Kier alpha value is -6.96. The Kier molecular flexibility index (Phi) is 6.62. The number of thiophene rings is 1. The maximum absolute atomic E-state index is 6.12. The van der Waals surface area contributed by atoms with Crippen LogP contribution in [0.4, 0.5) is 0 Å². The lowest BCUT2D eigenvalue weighted by Crippen LogP contribution is -2.00. The first-order valence-corrected chi connectivity index (χ1v) is 18.3. The number of hydrogen-bond donors (Lipinski definition) is 0. The molecule has 0 bridgehead atoms. The van der Waals surface area contributed by atoms with E-state index >= 15 is 0 Å². The van der Waals surface area contributed by atoms with E-state index in [9.17, 15) is 0 Å². The van der Waals surface area contributed by atoms with Crippen LogP contribution >= 0.6 is 11.3 Å².